The summed E-state index contributed by atoms with van der Waals surface area (Å²) in [5, 5.41) is 0. The van der Waals surface area contributed by atoms with Gasteiger partial charge in [-0.15, -0.1) is 0 Å². The molecule has 1 nitrogen and oxygen atoms in total. The van der Waals surface area contributed by atoms with Gasteiger partial charge in [-0.3, -0.25) is 0 Å². The Bertz CT molecular complexity index is 677. The van der Waals surface area contributed by atoms with E-state index in [-0.39, 0.29) is 5.41 Å². The molecule has 25 heavy (non-hydrogen) atoms. The van der Waals surface area contributed by atoms with Crippen LogP contribution in [0.25, 0.3) is 0 Å². The first-order valence-electron chi connectivity index (χ1n) is 9.16. The number of hydrogen-bond donors (Lipinski definition) is 0. The van der Waals surface area contributed by atoms with Crippen molar-refractivity contribution < 1.29 is 4.74 Å². The van der Waals surface area contributed by atoms with Crippen LogP contribution in [0, 0.1) is 5.92 Å². The second-order valence-electron chi connectivity index (χ2n) is 6.82. The summed E-state index contributed by atoms with van der Waals surface area (Å²) in [5.74, 6) is 0.424. The average Bonchev–Trinajstić information content (AvgIpc) is 2.72. The molecule has 0 radical (unpaired) electrons. The fourth-order valence-electron chi connectivity index (χ4n) is 4.39. The smallest absolute Gasteiger partial charge is 0.0509 e. The van der Waals surface area contributed by atoms with Gasteiger partial charge >= 0.3 is 0 Å². The van der Waals surface area contributed by atoms with Crippen molar-refractivity contribution in [1.29, 1.82) is 0 Å². The molecule has 4 rings (SSSR count). The zero-order valence-electron chi connectivity index (χ0n) is 14.5. The van der Waals surface area contributed by atoms with E-state index in [0.29, 0.717) is 5.92 Å². The third kappa shape index (κ3) is 2.89. The Morgan fingerprint density at radius 1 is 0.640 bits per heavy atom. The van der Waals surface area contributed by atoms with Crippen LogP contribution < -0.4 is 0 Å². The van der Waals surface area contributed by atoms with Gasteiger partial charge < -0.3 is 4.74 Å². The maximum atomic E-state index is 5.95. The van der Waals surface area contributed by atoms with E-state index in [4.69, 9.17) is 4.74 Å². The summed E-state index contributed by atoms with van der Waals surface area (Å²) in [6.07, 6.45) is 2.30. The summed E-state index contributed by atoms with van der Waals surface area (Å²) >= 11 is 0. The van der Waals surface area contributed by atoms with Crippen molar-refractivity contribution >= 4 is 0 Å². The molecule has 3 aromatic carbocycles. The Balaban J connectivity index is 2.01. The van der Waals surface area contributed by atoms with E-state index in [2.05, 4.69) is 91.0 Å². The van der Waals surface area contributed by atoms with Crippen molar-refractivity contribution in [2.75, 3.05) is 13.2 Å². The molecule has 1 atom stereocenters. The molecule has 0 bridgehead atoms. The van der Waals surface area contributed by atoms with Crippen LogP contribution in [0.1, 0.15) is 29.5 Å². The van der Waals surface area contributed by atoms with E-state index in [1.165, 1.54) is 23.1 Å². The molecule has 1 fully saturated rings. The van der Waals surface area contributed by atoms with Gasteiger partial charge in [0, 0.05) is 12.5 Å². The van der Waals surface area contributed by atoms with Crippen LogP contribution in [0.3, 0.4) is 0 Å². The van der Waals surface area contributed by atoms with Crippen molar-refractivity contribution in [3.8, 4) is 0 Å². The van der Waals surface area contributed by atoms with E-state index >= 15 is 0 Å². The molecule has 1 unspecified atom stereocenters. The zero-order chi connectivity index (χ0) is 17.0. The van der Waals surface area contributed by atoms with E-state index < -0.39 is 0 Å². The van der Waals surface area contributed by atoms with Crippen LogP contribution in [0.5, 0.6) is 0 Å². The highest BCUT2D eigenvalue weighted by molar-refractivity contribution is 5.51. The van der Waals surface area contributed by atoms with Crippen molar-refractivity contribution in [3.63, 3.8) is 0 Å². The number of hydrogen-bond acceptors (Lipinski definition) is 1. The molecule has 0 saturated carbocycles. The molecule has 1 aliphatic rings. The van der Waals surface area contributed by atoms with E-state index in [0.717, 1.165) is 19.6 Å². The molecule has 1 aliphatic heterocycles. The summed E-state index contributed by atoms with van der Waals surface area (Å²) in [6.45, 7) is 1.68. The van der Waals surface area contributed by atoms with Crippen molar-refractivity contribution in [1.82, 2.24) is 0 Å². The van der Waals surface area contributed by atoms with Crippen LogP contribution in [0.15, 0.2) is 91.0 Å². The van der Waals surface area contributed by atoms with Crippen LogP contribution >= 0.6 is 0 Å². The third-order valence-corrected chi connectivity index (χ3v) is 5.46. The highest BCUT2D eigenvalue weighted by atomic mass is 16.5. The lowest BCUT2D eigenvalue weighted by Gasteiger charge is -2.44. The summed E-state index contributed by atoms with van der Waals surface area (Å²) in [5.41, 5.74) is 3.87. The molecule has 1 saturated heterocycles. The third-order valence-electron chi connectivity index (χ3n) is 5.46. The molecule has 0 spiro atoms. The second kappa shape index (κ2) is 7.25. The first kappa shape index (κ1) is 16.1. The fraction of sp³-hybridized carbons (Fsp3) is 0.250. The number of rotatable bonds is 4. The van der Waals surface area contributed by atoms with Crippen LogP contribution in [0.2, 0.25) is 0 Å². The predicted octanol–water partition coefficient (Wildman–Crippen LogP) is 5.45. The Kier molecular flexibility index (Phi) is 4.67. The van der Waals surface area contributed by atoms with Gasteiger partial charge in [0.1, 0.15) is 0 Å². The minimum absolute atomic E-state index is 0.176. The SMILES string of the molecule is c1ccc(C(c2ccccc2)(c2ccccc2)C2CCCOC2)cc1. The first-order chi connectivity index (χ1) is 12.4. The lowest BCUT2D eigenvalue weighted by Crippen LogP contribution is -2.42. The summed E-state index contributed by atoms with van der Waals surface area (Å²) in [6, 6.07) is 32.8. The van der Waals surface area contributed by atoms with Gasteiger partial charge in [0.05, 0.1) is 12.0 Å². The van der Waals surface area contributed by atoms with E-state index in [1.54, 1.807) is 0 Å². The molecule has 126 valence electrons. The maximum absolute atomic E-state index is 5.95. The molecule has 0 aromatic heterocycles. The Hall–Kier alpha value is -2.38. The number of ether oxygens (including phenoxy) is 1. The van der Waals surface area contributed by atoms with Crippen molar-refractivity contribution in [2.24, 2.45) is 5.92 Å². The fourth-order valence-corrected chi connectivity index (χ4v) is 4.39. The standard InChI is InChI=1S/C24H24O/c1-4-11-20(12-5-1)24(21-13-6-2-7-14-21,22-15-8-3-9-16-22)23-17-10-18-25-19-23/h1-9,11-16,23H,10,17-19H2. The Morgan fingerprint density at radius 3 is 1.44 bits per heavy atom. The molecule has 1 heteroatoms. The lowest BCUT2D eigenvalue weighted by atomic mass is 9.60. The predicted molar refractivity (Wildman–Crippen MR) is 103 cm³/mol. The van der Waals surface area contributed by atoms with Crippen LogP contribution in [-0.2, 0) is 10.2 Å². The molecule has 1 heterocycles. The minimum Gasteiger partial charge on any atom is -0.381 e. The van der Waals surface area contributed by atoms with Crippen LogP contribution in [0.4, 0.5) is 0 Å². The molecular formula is C24H24O. The van der Waals surface area contributed by atoms with Gasteiger partial charge in [-0.2, -0.15) is 0 Å². The Morgan fingerprint density at radius 2 is 1.08 bits per heavy atom. The van der Waals surface area contributed by atoms with Crippen LogP contribution in [-0.4, -0.2) is 13.2 Å². The molecule has 0 N–H and O–H groups in total. The first-order valence-corrected chi connectivity index (χ1v) is 9.16. The van der Waals surface area contributed by atoms with Gasteiger partial charge in [0.2, 0.25) is 0 Å². The number of benzene rings is 3. The molecule has 0 amide bonds. The highest BCUT2D eigenvalue weighted by Gasteiger charge is 2.44. The minimum atomic E-state index is -0.176. The van der Waals surface area contributed by atoms with Gasteiger partial charge in [0.25, 0.3) is 0 Å². The van der Waals surface area contributed by atoms with Crippen molar-refractivity contribution in [2.45, 2.75) is 18.3 Å². The quantitative estimate of drug-likeness (QED) is 0.579. The molecular weight excluding hydrogens is 304 g/mol. The topological polar surface area (TPSA) is 9.23 Å². The van der Waals surface area contributed by atoms with Gasteiger partial charge in [-0.25, -0.2) is 0 Å². The lowest BCUT2D eigenvalue weighted by molar-refractivity contribution is 0.0357. The normalized spacial score (nSPS) is 18.0. The summed E-state index contributed by atoms with van der Waals surface area (Å²) < 4.78 is 5.95. The van der Waals surface area contributed by atoms with Crippen molar-refractivity contribution in [3.05, 3.63) is 108 Å². The molecule has 3 aromatic rings. The van der Waals surface area contributed by atoms with E-state index in [9.17, 15) is 0 Å². The Labute approximate surface area is 150 Å². The van der Waals surface area contributed by atoms with Gasteiger partial charge in [0.15, 0.2) is 0 Å². The average molecular weight is 328 g/mol. The second-order valence-corrected chi connectivity index (χ2v) is 6.82. The van der Waals surface area contributed by atoms with Gasteiger partial charge in [-0.05, 0) is 29.5 Å². The summed E-state index contributed by atoms with van der Waals surface area (Å²) in [4.78, 5) is 0. The zero-order valence-corrected chi connectivity index (χ0v) is 14.5. The largest absolute Gasteiger partial charge is 0.381 e. The van der Waals surface area contributed by atoms with E-state index in [1.807, 2.05) is 0 Å². The maximum Gasteiger partial charge on any atom is 0.0509 e. The summed E-state index contributed by atoms with van der Waals surface area (Å²) in [7, 11) is 0. The van der Waals surface area contributed by atoms with Gasteiger partial charge in [-0.1, -0.05) is 91.0 Å². The monoisotopic (exact) mass is 328 g/mol. The highest BCUT2D eigenvalue weighted by Crippen LogP contribution is 2.47. The molecule has 0 aliphatic carbocycles.